The van der Waals surface area contributed by atoms with Crippen molar-refractivity contribution in [1.82, 2.24) is 0 Å². The summed E-state index contributed by atoms with van der Waals surface area (Å²) in [6.45, 7) is 4.29. The summed E-state index contributed by atoms with van der Waals surface area (Å²) in [5.41, 5.74) is 2.02. The van der Waals surface area contributed by atoms with Crippen LogP contribution in [-0.4, -0.2) is 12.1 Å². The molecular weight excluding hydrogens is 223 g/mol. The Balaban J connectivity index is 2.05. The fraction of sp³-hybridized carbons (Fsp3) is 0.200. The highest BCUT2D eigenvalue weighted by molar-refractivity contribution is 6.60. The number of hydrogen-bond donors (Lipinski definition) is 1. The number of benzene rings is 2. The molecule has 3 heteroatoms. The first-order chi connectivity index (χ1) is 8.66. The van der Waals surface area contributed by atoms with E-state index in [2.05, 4.69) is 13.8 Å². The van der Waals surface area contributed by atoms with Crippen LogP contribution in [0, 0.1) is 0 Å². The highest BCUT2D eigenvalue weighted by atomic mass is 16.5. The predicted octanol–water partition coefficient (Wildman–Crippen LogP) is 2.58. The monoisotopic (exact) mass is 240 g/mol. The van der Waals surface area contributed by atoms with E-state index in [0.717, 1.165) is 5.46 Å². The van der Waals surface area contributed by atoms with Crippen LogP contribution in [0.4, 0.5) is 0 Å². The maximum absolute atomic E-state index is 9.93. The van der Waals surface area contributed by atoms with E-state index in [-0.39, 0.29) is 0 Å². The van der Waals surface area contributed by atoms with Crippen LogP contribution in [0.25, 0.3) is 0 Å². The summed E-state index contributed by atoms with van der Waals surface area (Å²) in [4.78, 5) is 0. The van der Waals surface area contributed by atoms with Gasteiger partial charge in [-0.3, -0.25) is 0 Å². The quantitative estimate of drug-likeness (QED) is 0.832. The minimum absolute atomic E-state index is 0.498. The Morgan fingerprint density at radius 2 is 1.56 bits per heavy atom. The van der Waals surface area contributed by atoms with Gasteiger partial charge >= 0.3 is 7.12 Å². The van der Waals surface area contributed by atoms with Gasteiger partial charge in [0.05, 0.1) is 0 Å². The van der Waals surface area contributed by atoms with E-state index in [1.54, 1.807) is 0 Å². The first-order valence-electron chi connectivity index (χ1n) is 6.16. The van der Waals surface area contributed by atoms with E-state index in [1.807, 2.05) is 54.6 Å². The molecule has 0 aromatic heterocycles. The highest BCUT2D eigenvalue weighted by Crippen LogP contribution is 2.18. The highest BCUT2D eigenvalue weighted by Gasteiger charge is 2.17. The van der Waals surface area contributed by atoms with Crippen molar-refractivity contribution < 1.29 is 9.68 Å². The van der Waals surface area contributed by atoms with Crippen LogP contribution >= 0.6 is 0 Å². The average molecular weight is 240 g/mol. The third-order valence-electron chi connectivity index (χ3n) is 2.88. The molecule has 0 aliphatic rings. The molecule has 0 aliphatic heterocycles. The normalized spacial score (nSPS) is 10.4. The third-order valence-corrected chi connectivity index (χ3v) is 2.88. The summed E-state index contributed by atoms with van der Waals surface area (Å²) < 4.78 is 5.49. The molecule has 2 aromatic rings. The topological polar surface area (TPSA) is 29.5 Å². The lowest BCUT2D eigenvalue weighted by molar-refractivity contribution is 0.432. The van der Waals surface area contributed by atoms with Gasteiger partial charge in [-0.2, -0.15) is 0 Å². The van der Waals surface area contributed by atoms with Gasteiger partial charge in [-0.05, 0) is 29.1 Å². The van der Waals surface area contributed by atoms with Crippen LogP contribution in [-0.2, 0) is 0 Å². The van der Waals surface area contributed by atoms with Gasteiger partial charge in [0.25, 0.3) is 0 Å². The molecule has 0 radical (unpaired) electrons. The first-order valence-corrected chi connectivity index (χ1v) is 6.16. The standard InChI is InChI=1S/C15H17BO2/c1-12(2)13-8-10-15(11-9-13)18-16(17)14-6-4-3-5-7-14/h3-12,17H,1-2H3. The lowest BCUT2D eigenvalue weighted by atomic mass is 9.79. The van der Waals surface area contributed by atoms with Crippen molar-refractivity contribution in [3.63, 3.8) is 0 Å². The Kier molecular flexibility index (Phi) is 4.05. The van der Waals surface area contributed by atoms with E-state index in [9.17, 15) is 5.02 Å². The zero-order valence-corrected chi connectivity index (χ0v) is 10.7. The lowest BCUT2D eigenvalue weighted by Crippen LogP contribution is -2.36. The Bertz CT molecular complexity index is 480. The fourth-order valence-corrected chi connectivity index (χ4v) is 1.75. The van der Waals surface area contributed by atoms with Gasteiger partial charge in [-0.15, -0.1) is 0 Å². The summed E-state index contributed by atoms with van der Waals surface area (Å²) in [6.07, 6.45) is 0. The van der Waals surface area contributed by atoms with Crippen LogP contribution in [0.1, 0.15) is 25.3 Å². The Morgan fingerprint density at radius 3 is 2.11 bits per heavy atom. The molecule has 0 atom stereocenters. The second-order valence-electron chi connectivity index (χ2n) is 4.60. The summed E-state index contributed by atoms with van der Waals surface area (Å²) in [6, 6.07) is 17.2. The molecule has 1 N–H and O–H groups in total. The van der Waals surface area contributed by atoms with Crippen LogP contribution in [0.5, 0.6) is 5.75 Å². The maximum atomic E-state index is 9.93. The second-order valence-corrected chi connectivity index (χ2v) is 4.60. The van der Waals surface area contributed by atoms with Gasteiger partial charge in [-0.25, -0.2) is 0 Å². The van der Waals surface area contributed by atoms with E-state index in [4.69, 9.17) is 4.65 Å². The Morgan fingerprint density at radius 1 is 0.944 bits per heavy atom. The van der Waals surface area contributed by atoms with E-state index < -0.39 is 7.12 Å². The molecule has 2 aromatic carbocycles. The van der Waals surface area contributed by atoms with Crippen LogP contribution in [0.2, 0.25) is 0 Å². The van der Waals surface area contributed by atoms with Gasteiger partial charge in [-0.1, -0.05) is 56.3 Å². The molecule has 0 amide bonds. The Hall–Kier alpha value is -1.74. The van der Waals surface area contributed by atoms with Gasteiger partial charge in [0, 0.05) is 0 Å². The SMILES string of the molecule is CC(C)c1ccc(OB(O)c2ccccc2)cc1. The van der Waals surface area contributed by atoms with E-state index >= 15 is 0 Å². The summed E-state index contributed by atoms with van der Waals surface area (Å²) in [5, 5.41) is 9.93. The zero-order valence-electron chi connectivity index (χ0n) is 10.7. The van der Waals surface area contributed by atoms with Crippen molar-refractivity contribution in [2.75, 3.05) is 0 Å². The summed E-state index contributed by atoms with van der Waals surface area (Å²) >= 11 is 0. The molecule has 2 rings (SSSR count). The first kappa shape index (κ1) is 12.7. The van der Waals surface area contributed by atoms with Gasteiger partial charge in [0.1, 0.15) is 5.75 Å². The Labute approximate surface area is 108 Å². The molecule has 0 spiro atoms. The van der Waals surface area contributed by atoms with Crippen molar-refractivity contribution in [3.8, 4) is 5.75 Å². The van der Waals surface area contributed by atoms with E-state index in [1.165, 1.54) is 5.56 Å². The van der Waals surface area contributed by atoms with Crippen molar-refractivity contribution in [2.45, 2.75) is 19.8 Å². The van der Waals surface area contributed by atoms with Gasteiger partial charge in [0.15, 0.2) is 0 Å². The molecule has 0 bridgehead atoms. The van der Waals surface area contributed by atoms with Gasteiger partial charge in [0.2, 0.25) is 0 Å². The molecular formula is C15H17BO2. The smallest absolute Gasteiger partial charge is 0.532 e. The van der Waals surface area contributed by atoms with Crippen molar-refractivity contribution in [2.24, 2.45) is 0 Å². The number of rotatable bonds is 4. The zero-order chi connectivity index (χ0) is 13.0. The summed E-state index contributed by atoms with van der Waals surface area (Å²) in [5.74, 6) is 1.17. The molecule has 2 nitrogen and oxygen atoms in total. The van der Waals surface area contributed by atoms with Crippen LogP contribution < -0.4 is 10.1 Å². The minimum Gasteiger partial charge on any atom is -0.532 e. The average Bonchev–Trinajstić information content (AvgIpc) is 2.40. The molecule has 0 unspecified atom stereocenters. The molecule has 0 saturated carbocycles. The summed E-state index contributed by atoms with van der Waals surface area (Å²) in [7, 11) is -0.920. The molecule has 0 heterocycles. The minimum atomic E-state index is -0.920. The number of hydrogen-bond acceptors (Lipinski definition) is 2. The second kappa shape index (κ2) is 5.74. The largest absolute Gasteiger partial charge is 0.560 e. The third kappa shape index (κ3) is 3.14. The lowest BCUT2D eigenvalue weighted by Gasteiger charge is -2.11. The molecule has 0 saturated heterocycles. The van der Waals surface area contributed by atoms with Crippen molar-refractivity contribution in [3.05, 3.63) is 60.2 Å². The molecule has 0 aliphatic carbocycles. The predicted molar refractivity (Wildman–Crippen MR) is 75.2 cm³/mol. The van der Waals surface area contributed by atoms with Crippen LogP contribution in [0.3, 0.4) is 0 Å². The van der Waals surface area contributed by atoms with Crippen molar-refractivity contribution >= 4 is 12.6 Å². The van der Waals surface area contributed by atoms with E-state index in [0.29, 0.717) is 11.7 Å². The van der Waals surface area contributed by atoms with Crippen molar-refractivity contribution in [1.29, 1.82) is 0 Å². The van der Waals surface area contributed by atoms with Gasteiger partial charge < -0.3 is 9.68 Å². The maximum Gasteiger partial charge on any atom is 0.560 e. The molecule has 92 valence electrons. The van der Waals surface area contributed by atoms with Crippen LogP contribution in [0.15, 0.2) is 54.6 Å². The fourth-order valence-electron chi connectivity index (χ4n) is 1.75. The molecule has 18 heavy (non-hydrogen) atoms. The molecule has 0 fully saturated rings.